The van der Waals surface area contributed by atoms with Gasteiger partial charge < -0.3 is 4.90 Å². The molecule has 0 N–H and O–H groups in total. The first-order valence-corrected chi connectivity index (χ1v) is 9.48. The summed E-state index contributed by atoms with van der Waals surface area (Å²) in [7, 11) is 0. The summed E-state index contributed by atoms with van der Waals surface area (Å²) in [6.07, 6.45) is 2.13. The smallest absolute Gasteiger partial charge is 0.134 e. The second kappa shape index (κ2) is 6.47. The van der Waals surface area contributed by atoms with Crippen molar-refractivity contribution in [2.75, 3.05) is 18.0 Å². The number of rotatable bonds is 2. The molecule has 0 bridgehead atoms. The lowest BCUT2D eigenvalue weighted by Gasteiger charge is -2.32. The van der Waals surface area contributed by atoms with Crippen LogP contribution in [0.15, 0.2) is 24.3 Å². The fourth-order valence-corrected chi connectivity index (χ4v) is 4.63. The van der Waals surface area contributed by atoms with Crippen molar-refractivity contribution in [1.82, 2.24) is 15.0 Å². The molecule has 3 aromatic rings. The number of fused-ring (bicyclic) bond motifs is 1. The van der Waals surface area contributed by atoms with Crippen LogP contribution < -0.4 is 4.90 Å². The second-order valence-electron chi connectivity index (χ2n) is 6.02. The minimum absolute atomic E-state index is 0.496. The van der Waals surface area contributed by atoms with Crippen LogP contribution >= 0.6 is 34.5 Å². The van der Waals surface area contributed by atoms with Gasteiger partial charge in [0, 0.05) is 30.1 Å². The van der Waals surface area contributed by atoms with E-state index in [1.165, 1.54) is 9.71 Å². The Labute approximate surface area is 154 Å². The Morgan fingerprint density at radius 3 is 2.62 bits per heavy atom. The van der Waals surface area contributed by atoms with Crippen molar-refractivity contribution < 1.29 is 0 Å². The second-order valence-corrected chi connectivity index (χ2v) is 7.91. The van der Waals surface area contributed by atoms with Crippen LogP contribution in [0.25, 0.3) is 10.2 Å². The molecule has 0 saturated carbocycles. The third-order valence-corrected chi connectivity index (χ3v) is 5.96. The van der Waals surface area contributed by atoms with Crippen molar-refractivity contribution in [2.24, 2.45) is 0 Å². The van der Waals surface area contributed by atoms with Gasteiger partial charge in [-0.05, 0) is 38.0 Å². The molecule has 124 valence electrons. The zero-order chi connectivity index (χ0) is 16.7. The van der Waals surface area contributed by atoms with Crippen LogP contribution in [0.5, 0.6) is 0 Å². The van der Waals surface area contributed by atoms with Crippen LogP contribution in [0.2, 0.25) is 10.2 Å². The van der Waals surface area contributed by atoms with Gasteiger partial charge >= 0.3 is 0 Å². The van der Waals surface area contributed by atoms with Crippen LogP contribution in [-0.4, -0.2) is 28.0 Å². The van der Waals surface area contributed by atoms with Gasteiger partial charge in [0.2, 0.25) is 0 Å². The number of aryl methyl sites for hydroxylation is 1. The molecule has 1 aliphatic heterocycles. The third-order valence-electron chi connectivity index (χ3n) is 4.33. The first kappa shape index (κ1) is 16.1. The Morgan fingerprint density at radius 2 is 1.88 bits per heavy atom. The van der Waals surface area contributed by atoms with Crippen molar-refractivity contribution in [2.45, 2.75) is 25.7 Å². The van der Waals surface area contributed by atoms with E-state index in [1.807, 2.05) is 25.1 Å². The van der Waals surface area contributed by atoms with E-state index in [9.17, 15) is 0 Å². The highest BCUT2D eigenvalue weighted by Gasteiger charge is 2.24. The van der Waals surface area contributed by atoms with E-state index in [0.717, 1.165) is 42.3 Å². The molecule has 0 spiro atoms. The molecule has 1 aliphatic rings. The number of nitrogens with zero attached hydrogens (tertiary/aromatic N) is 4. The summed E-state index contributed by atoms with van der Waals surface area (Å²) in [6.45, 7) is 3.77. The highest BCUT2D eigenvalue weighted by atomic mass is 35.5. The van der Waals surface area contributed by atoms with Crippen molar-refractivity contribution >= 4 is 50.6 Å². The summed E-state index contributed by atoms with van der Waals surface area (Å²) in [4.78, 5) is 15.7. The monoisotopic (exact) mass is 378 g/mol. The van der Waals surface area contributed by atoms with Crippen LogP contribution in [0.4, 0.5) is 5.82 Å². The van der Waals surface area contributed by atoms with Gasteiger partial charge in [0.05, 0.1) is 15.2 Å². The topological polar surface area (TPSA) is 41.9 Å². The van der Waals surface area contributed by atoms with Gasteiger partial charge in [0.15, 0.2) is 0 Å². The molecule has 2 aromatic heterocycles. The van der Waals surface area contributed by atoms with E-state index in [-0.39, 0.29) is 0 Å². The zero-order valence-corrected chi connectivity index (χ0v) is 15.5. The standard InChI is InChI=1S/C17H16Cl2N4S/c1-10-20-15(19)9-16(21-10)23-6-4-11(5-7-23)17-22-13-8-12(18)2-3-14(13)24-17/h2-3,8-9,11H,4-7H2,1H3. The zero-order valence-electron chi connectivity index (χ0n) is 13.2. The van der Waals surface area contributed by atoms with E-state index in [1.54, 1.807) is 11.3 Å². The van der Waals surface area contributed by atoms with E-state index >= 15 is 0 Å². The highest BCUT2D eigenvalue weighted by Crippen LogP contribution is 2.35. The minimum Gasteiger partial charge on any atom is -0.356 e. The van der Waals surface area contributed by atoms with Crippen molar-refractivity contribution in [1.29, 1.82) is 0 Å². The molecule has 24 heavy (non-hydrogen) atoms. The molecule has 0 aliphatic carbocycles. The molecular formula is C17H16Cl2N4S. The summed E-state index contributed by atoms with van der Waals surface area (Å²) in [6, 6.07) is 7.77. The molecule has 7 heteroatoms. The summed E-state index contributed by atoms with van der Waals surface area (Å²) in [5, 5.41) is 2.46. The van der Waals surface area contributed by atoms with Gasteiger partial charge in [-0.2, -0.15) is 0 Å². The Balaban J connectivity index is 1.50. The molecule has 0 amide bonds. The maximum atomic E-state index is 6.06. The predicted octanol–water partition coefficient (Wildman–Crippen LogP) is 5.09. The molecule has 1 fully saturated rings. The Morgan fingerprint density at radius 1 is 1.08 bits per heavy atom. The summed E-state index contributed by atoms with van der Waals surface area (Å²) >= 11 is 13.9. The number of hydrogen-bond donors (Lipinski definition) is 0. The Bertz CT molecular complexity index is 867. The lowest BCUT2D eigenvalue weighted by molar-refractivity contribution is 0.501. The van der Waals surface area contributed by atoms with E-state index < -0.39 is 0 Å². The SMILES string of the molecule is Cc1nc(Cl)cc(N2CCC(c3nc4cc(Cl)ccc4s3)CC2)n1. The normalized spacial score (nSPS) is 16.0. The number of piperidine rings is 1. The molecule has 4 nitrogen and oxygen atoms in total. The molecular weight excluding hydrogens is 363 g/mol. The molecule has 0 radical (unpaired) electrons. The van der Waals surface area contributed by atoms with E-state index in [0.29, 0.717) is 16.9 Å². The average Bonchev–Trinajstić information content (AvgIpc) is 2.97. The predicted molar refractivity (Wildman–Crippen MR) is 101 cm³/mol. The van der Waals surface area contributed by atoms with Crippen molar-refractivity contribution in [3.05, 3.63) is 45.3 Å². The maximum Gasteiger partial charge on any atom is 0.134 e. The fraction of sp³-hybridized carbons (Fsp3) is 0.353. The number of hydrogen-bond acceptors (Lipinski definition) is 5. The summed E-state index contributed by atoms with van der Waals surface area (Å²) in [5.74, 6) is 2.13. The number of halogens is 2. The summed E-state index contributed by atoms with van der Waals surface area (Å²) < 4.78 is 1.20. The number of anilines is 1. The largest absolute Gasteiger partial charge is 0.356 e. The minimum atomic E-state index is 0.496. The first-order valence-electron chi connectivity index (χ1n) is 7.90. The van der Waals surface area contributed by atoms with Crippen molar-refractivity contribution in [3.63, 3.8) is 0 Å². The molecule has 3 heterocycles. The lowest BCUT2D eigenvalue weighted by Crippen LogP contribution is -2.33. The fourth-order valence-electron chi connectivity index (χ4n) is 3.13. The molecule has 1 aromatic carbocycles. The molecule has 1 saturated heterocycles. The van der Waals surface area contributed by atoms with Crippen molar-refractivity contribution in [3.8, 4) is 0 Å². The van der Waals surface area contributed by atoms with Crippen LogP contribution in [0, 0.1) is 6.92 Å². The average molecular weight is 379 g/mol. The third kappa shape index (κ3) is 3.21. The van der Waals surface area contributed by atoms with Gasteiger partial charge in [0.1, 0.15) is 16.8 Å². The van der Waals surface area contributed by atoms with Gasteiger partial charge in [-0.1, -0.05) is 23.2 Å². The number of benzene rings is 1. The van der Waals surface area contributed by atoms with Crippen LogP contribution in [-0.2, 0) is 0 Å². The van der Waals surface area contributed by atoms with E-state index in [4.69, 9.17) is 28.2 Å². The quantitative estimate of drug-likeness (QED) is 0.582. The Kier molecular flexibility index (Phi) is 4.33. The Hall–Kier alpha value is -1.43. The van der Waals surface area contributed by atoms with Gasteiger partial charge in [-0.15, -0.1) is 11.3 Å². The van der Waals surface area contributed by atoms with Gasteiger partial charge in [0.25, 0.3) is 0 Å². The number of thiazole rings is 1. The van der Waals surface area contributed by atoms with Gasteiger partial charge in [-0.25, -0.2) is 15.0 Å². The van der Waals surface area contributed by atoms with Crippen LogP contribution in [0.3, 0.4) is 0 Å². The number of aromatic nitrogens is 3. The molecule has 0 atom stereocenters. The molecule has 0 unspecified atom stereocenters. The maximum absolute atomic E-state index is 6.06. The van der Waals surface area contributed by atoms with Gasteiger partial charge in [-0.3, -0.25) is 0 Å². The van der Waals surface area contributed by atoms with Crippen LogP contribution in [0.1, 0.15) is 29.6 Å². The first-order chi connectivity index (χ1) is 11.6. The lowest BCUT2D eigenvalue weighted by atomic mass is 9.97. The molecule has 4 rings (SSSR count). The summed E-state index contributed by atoms with van der Waals surface area (Å²) in [5.41, 5.74) is 1.00. The highest BCUT2D eigenvalue weighted by molar-refractivity contribution is 7.18. The van der Waals surface area contributed by atoms with E-state index in [2.05, 4.69) is 20.9 Å².